The predicted molar refractivity (Wildman–Crippen MR) is 57.3 cm³/mol. The number of rotatable bonds is 3. The van der Waals surface area contributed by atoms with Gasteiger partial charge in [-0.2, -0.15) is 0 Å². The number of aromatic amines is 1. The van der Waals surface area contributed by atoms with Crippen LogP contribution in [0.15, 0.2) is 12.7 Å². The third-order valence-corrected chi connectivity index (χ3v) is 2.54. The summed E-state index contributed by atoms with van der Waals surface area (Å²) in [7, 11) is 0. The number of imidazole rings is 1. The van der Waals surface area contributed by atoms with Gasteiger partial charge >= 0.3 is 0 Å². The molecule has 7 heteroatoms. The molecule has 0 amide bonds. The van der Waals surface area contributed by atoms with Gasteiger partial charge in [0.05, 0.1) is 6.33 Å². The van der Waals surface area contributed by atoms with Crippen molar-refractivity contribution < 1.29 is 4.79 Å². The summed E-state index contributed by atoms with van der Waals surface area (Å²) >= 11 is 1.02. The fourth-order valence-electron chi connectivity index (χ4n) is 1.11. The van der Waals surface area contributed by atoms with Crippen LogP contribution >= 0.6 is 11.9 Å². The molecule has 0 aliphatic carbocycles. The van der Waals surface area contributed by atoms with Gasteiger partial charge in [0.25, 0.3) is 5.12 Å². The van der Waals surface area contributed by atoms with Gasteiger partial charge in [-0.3, -0.25) is 9.52 Å². The van der Waals surface area contributed by atoms with Gasteiger partial charge in [-0.05, 0) is 0 Å². The van der Waals surface area contributed by atoms with Crippen LogP contribution in [0.25, 0.3) is 11.2 Å². The Morgan fingerprint density at radius 2 is 2.40 bits per heavy atom. The van der Waals surface area contributed by atoms with Crippen molar-refractivity contribution in [3.63, 3.8) is 0 Å². The highest BCUT2D eigenvalue weighted by Crippen LogP contribution is 2.14. The first-order valence-electron chi connectivity index (χ1n) is 4.41. The number of H-pyrrole nitrogens is 1. The Morgan fingerprint density at radius 3 is 3.20 bits per heavy atom. The summed E-state index contributed by atoms with van der Waals surface area (Å²) in [5, 5.41) is -0.145. The second-order valence-corrected chi connectivity index (χ2v) is 3.57. The maximum absolute atomic E-state index is 11.7. The highest BCUT2D eigenvalue weighted by molar-refractivity contribution is 8.12. The van der Waals surface area contributed by atoms with E-state index in [1.165, 1.54) is 12.7 Å². The smallest absolute Gasteiger partial charge is 0.254 e. The molecular weight excluding hydrogens is 214 g/mol. The van der Waals surface area contributed by atoms with Gasteiger partial charge in [0.15, 0.2) is 5.65 Å². The lowest BCUT2D eigenvalue weighted by molar-refractivity contribution is 0.108. The molecule has 0 unspecified atom stereocenters. The van der Waals surface area contributed by atoms with Crippen LogP contribution in [0.4, 0.5) is 0 Å². The van der Waals surface area contributed by atoms with Gasteiger partial charge in [-0.15, -0.1) is 0 Å². The zero-order chi connectivity index (χ0) is 10.7. The van der Waals surface area contributed by atoms with E-state index in [9.17, 15) is 4.79 Å². The van der Waals surface area contributed by atoms with E-state index in [2.05, 4.69) is 24.7 Å². The van der Waals surface area contributed by atoms with Crippen molar-refractivity contribution in [2.24, 2.45) is 0 Å². The normalized spacial score (nSPS) is 10.7. The monoisotopic (exact) mass is 223 g/mol. The molecule has 0 bridgehead atoms. The van der Waals surface area contributed by atoms with E-state index in [4.69, 9.17) is 0 Å². The fraction of sp³-hybridized carbons (Fsp3) is 0.250. The van der Waals surface area contributed by atoms with E-state index in [0.717, 1.165) is 11.9 Å². The molecule has 2 aromatic rings. The molecule has 2 heterocycles. The first-order valence-corrected chi connectivity index (χ1v) is 5.22. The average molecular weight is 223 g/mol. The van der Waals surface area contributed by atoms with E-state index >= 15 is 0 Å². The molecule has 0 aliphatic rings. The van der Waals surface area contributed by atoms with Gasteiger partial charge in [-0.25, -0.2) is 15.0 Å². The molecule has 2 N–H and O–H groups in total. The highest BCUT2D eigenvalue weighted by atomic mass is 32.2. The molecule has 0 fully saturated rings. The average Bonchev–Trinajstić information content (AvgIpc) is 2.73. The molecule has 0 aromatic carbocycles. The first kappa shape index (κ1) is 10.1. The Labute approximate surface area is 90.0 Å². The van der Waals surface area contributed by atoms with Gasteiger partial charge in [0, 0.05) is 18.5 Å². The first-order chi connectivity index (χ1) is 7.33. The summed E-state index contributed by atoms with van der Waals surface area (Å²) in [5.74, 6) is 0. The topological polar surface area (TPSA) is 83.6 Å². The van der Waals surface area contributed by atoms with E-state index < -0.39 is 0 Å². The lowest BCUT2D eigenvalue weighted by Crippen LogP contribution is -2.09. The lowest BCUT2D eigenvalue weighted by Gasteiger charge is -1.99. The number of aromatic nitrogens is 4. The van der Waals surface area contributed by atoms with Gasteiger partial charge < -0.3 is 4.98 Å². The number of hydrogen-bond donors (Lipinski definition) is 2. The summed E-state index contributed by atoms with van der Waals surface area (Å²) < 4.78 is 2.88. The molecular formula is C8H9N5OS. The summed E-state index contributed by atoms with van der Waals surface area (Å²) in [6, 6.07) is 0. The molecule has 0 atom stereocenters. The van der Waals surface area contributed by atoms with E-state index in [1.807, 2.05) is 6.92 Å². The second kappa shape index (κ2) is 4.37. The molecule has 0 saturated carbocycles. The van der Waals surface area contributed by atoms with Crippen molar-refractivity contribution in [2.45, 2.75) is 6.92 Å². The third-order valence-electron chi connectivity index (χ3n) is 1.73. The Kier molecular flexibility index (Phi) is 2.93. The van der Waals surface area contributed by atoms with Crippen LogP contribution in [-0.4, -0.2) is 31.6 Å². The Morgan fingerprint density at radius 1 is 1.53 bits per heavy atom. The number of hydrogen-bond acceptors (Lipinski definition) is 6. The highest BCUT2D eigenvalue weighted by Gasteiger charge is 2.14. The van der Waals surface area contributed by atoms with E-state index in [0.29, 0.717) is 23.4 Å². The zero-order valence-corrected chi connectivity index (χ0v) is 8.84. The number of nitrogens with zero attached hydrogens (tertiary/aromatic N) is 3. The van der Waals surface area contributed by atoms with Crippen LogP contribution in [0.2, 0.25) is 0 Å². The van der Waals surface area contributed by atoms with Gasteiger partial charge in [-0.1, -0.05) is 6.92 Å². The van der Waals surface area contributed by atoms with Crippen LogP contribution in [0.3, 0.4) is 0 Å². The molecule has 2 aromatic heterocycles. The van der Waals surface area contributed by atoms with Gasteiger partial charge in [0.2, 0.25) is 0 Å². The van der Waals surface area contributed by atoms with Crippen LogP contribution in [0, 0.1) is 0 Å². The fourth-order valence-corrected chi connectivity index (χ4v) is 1.63. The predicted octanol–water partition coefficient (Wildman–Crippen LogP) is 0.751. The Hall–Kier alpha value is -1.47. The SMILES string of the molecule is CCNSC(=O)c1ncnc2nc[nH]c12. The molecule has 0 spiro atoms. The van der Waals surface area contributed by atoms with E-state index in [-0.39, 0.29) is 5.12 Å². The second-order valence-electron chi connectivity index (χ2n) is 2.71. The van der Waals surface area contributed by atoms with Crippen LogP contribution in [0.1, 0.15) is 17.4 Å². The molecule has 0 aliphatic heterocycles. The minimum Gasteiger partial charge on any atom is -0.341 e. The van der Waals surface area contributed by atoms with Crippen LogP contribution < -0.4 is 4.72 Å². The maximum atomic E-state index is 11.7. The number of fused-ring (bicyclic) bond motifs is 1. The van der Waals surface area contributed by atoms with Crippen molar-refractivity contribution in [3.8, 4) is 0 Å². The molecule has 15 heavy (non-hydrogen) atoms. The van der Waals surface area contributed by atoms with E-state index in [1.54, 1.807) is 0 Å². The molecule has 2 rings (SSSR count). The maximum Gasteiger partial charge on any atom is 0.254 e. The molecule has 0 radical (unpaired) electrons. The van der Waals surface area contributed by atoms with Gasteiger partial charge in [0.1, 0.15) is 17.5 Å². The van der Waals surface area contributed by atoms with Crippen LogP contribution in [-0.2, 0) is 0 Å². The Bertz CT molecular complexity index is 483. The summed E-state index contributed by atoms with van der Waals surface area (Å²) in [4.78, 5) is 26.3. The number of nitrogens with one attached hydrogen (secondary N) is 2. The Balaban J connectivity index is 2.34. The van der Waals surface area contributed by atoms with Crippen molar-refractivity contribution in [3.05, 3.63) is 18.3 Å². The zero-order valence-electron chi connectivity index (χ0n) is 8.02. The van der Waals surface area contributed by atoms with Crippen LogP contribution in [0.5, 0.6) is 0 Å². The summed E-state index contributed by atoms with van der Waals surface area (Å²) in [6.07, 6.45) is 2.83. The molecule has 6 nitrogen and oxygen atoms in total. The number of carbonyl (C=O) groups is 1. The van der Waals surface area contributed by atoms with Crippen molar-refractivity contribution in [2.75, 3.05) is 6.54 Å². The quantitative estimate of drug-likeness (QED) is 0.747. The minimum atomic E-state index is -0.145. The lowest BCUT2D eigenvalue weighted by atomic mass is 10.4. The molecule has 78 valence electrons. The van der Waals surface area contributed by atoms with Crippen molar-refractivity contribution >= 4 is 28.2 Å². The largest absolute Gasteiger partial charge is 0.341 e. The number of carbonyl (C=O) groups excluding carboxylic acids is 1. The van der Waals surface area contributed by atoms with Crippen molar-refractivity contribution in [1.82, 2.24) is 24.7 Å². The molecule has 0 saturated heterocycles. The summed E-state index contributed by atoms with van der Waals surface area (Å²) in [5.41, 5.74) is 1.43. The van der Waals surface area contributed by atoms with Crippen molar-refractivity contribution in [1.29, 1.82) is 0 Å². The summed E-state index contributed by atoms with van der Waals surface area (Å²) in [6.45, 7) is 2.64. The minimum absolute atomic E-state index is 0.145. The third kappa shape index (κ3) is 1.97. The standard InChI is InChI=1S/C8H9N5OS/c1-2-13-15-8(14)6-5-7(11-3-9-5)12-4-10-6/h3-4,13H,2H2,1H3,(H,9,10,11,12).